The van der Waals surface area contributed by atoms with Crippen LogP contribution in [0.25, 0.3) is 0 Å². The van der Waals surface area contributed by atoms with Crippen molar-refractivity contribution in [2.24, 2.45) is 0 Å². The highest BCUT2D eigenvalue weighted by Gasteiger charge is 2.59. The second-order valence-corrected chi connectivity index (χ2v) is 7.91. The van der Waals surface area contributed by atoms with Crippen molar-refractivity contribution >= 4 is 34.8 Å². The van der Waals surface area contributed by atoms with Crippen LogP contribution in [0, 0.1) is 0 Å². The lowest BCUT2D eigenvalue weighted by molar-refractivity contribution is -0.132. The molecule has 2 atom stereocenters. The summed E-state index contributed by atoms with van der Waals surface area (Å²) in [6, 6.07) is 22.5. The molecular weight excluding hydrogens is 393 g/mol. The molecule has 0 spiro atoms. The Bertz CT molecular complexity index is 1020. The highest BCUT2D eigenvalue weighted by Crippen LogP contribution is 2.53. The lowest BCUT2D eigenvalue weighted by Crippen LogP contribution is -2.65. The van der Waals surface area contributed by atoms with E-state index in [1.54, 1.807) is 7.11 Å². The van der Waals surface area contributed by atoms with Crippen molar-refractivity contribution < 1.29 is 9.53 Å². The van der Waals surface area contributed by atoms with Gasteiger partial charge in [-0.25, -0.2) is 0 Å². The summed E-state index contributed by atoms with van der Waals surface area (Å²) < 4.78 is 5.24. The Labute approximate surface area is 174 Å². The molecule has 4 rings (SSSR count). The Morgan fingerprint density at radius 2 is 1.61 bits per heavy atom. The van der Waals surface area contributed by atoms with Crippen LogP contribution in [0.1, 0.15) is 24.1 Å². The summed E-state index contributed by atoms with van der Waals surface area (Å²) in [6.45, 7) is 1.97. The molecule has 0 aliphatic carbocycles. The van der Waals surface area contributed by atoms with E-state index in [0.717, 1.165) is 22.6 Å². The smallest absolute Gasteiger partial charge is 0.240 e. The Hall–Kier alpha value is -2.49. The number of anilines is 1. The largest absolute Gasteiger partial charge is 0.497 e. The molecule has 3 nitrogen and oxygen atoms in total. The van der Waals surface area contributed by atoms with Crippen LogP contribution in [0.5, 0.6) is 5.75 Å². The fourth-order valence-corrected chi connectivity index (χ4v) is 4.22. The first kappa shape index (κ1) is 18.9. The van der Waals surface area contributed by atoms with Crippen LogP contribution < -0.4 is 9.64 Å². The molecule has 0 bridgehead atoms. The molecule has 3 aromatic rings. The SMILES string of the molecule is COc1ccc(N2C(=O)[C@@](C)(c3cccc(Cl)c3)[C@@H]2c2ccc(Cl)cc2)cc1. The van der Waals surface area contributed by atoms with Crippen LogP contribution in [-0.4, -0.2) is 13.0 Å². The summed E-state index contributed by atoms with van der Waals surface area (Å²) in [4.78, 5) is 15.2. The molecule has 0 aromatic heterocycles. The van der Waals surface area contributed by atoms with E-state index in [9.17, 15) is 4.79 Å². The van der Waals surface area contributed by atoms with Crippen LogP contribution in [-0.2, 0) is 10.2 Å². The van der Waals surface area contributed by atoms with Gasteiger partial charge >= 0.3 is 0 Å². The highest BCUT2D eigenvalue weighted by atomic mass is 35.5. The van der Waals surface area contributed by atoms with E-state index in [-0.39, 0.29) is 11.9 Å². The van der Waals surface area contributed by atoms with E-state index in [4.69, 9.17) is 27.9 Å². The fourth-order valence-electron chi connectivity index (χ4n) is 3.91. The number of hydrogen-bond donors (Lipinski definition) is 0. The van der Waals surface area contributed by atoms with Gasteiger partial charge in [-0.15, -0.1) is 0 Å². The van der Waals surface area contributed by atoms with E-state index in [2.05, 4.69) is 0 Å². The fraction of sp³-hybridized carbons (Fsp3) is 0.174. The molecular formula is C23H19Cl2NO2. The van der Waals surface area contributed by atoms with Crippen LogP contribution in [0.2, 0.25) is 10.0 Å². The van der Waals surface area contributed by atoms with Gasteiger partial charge in [0.2, 0.25) is 5.91 Å². The zero-order valence-corrected chi connectivity index (χ0v) is 17.0. The minimum Gasteiger partial charge on any atom is -0.497 e. The monoisotopic (exact) mass is 411 g/mol. The number of methoxy groups -OCH3 is 1. The maximum Gasteiger partial charge on any atom is 0.240 e. The number of β-lactam (4-membered cyclic amide) rings is 1. The summed E-state index contributed by atoms with van der Waals surface area (Å²) in [6.07, 6.45) is 0. The molecule has 142 valence electrons. The number of halogens is 2. The second-order valence-electron chi connectivity index (χ2n) is 7.04. The van der Waals surface area contributed by atoms with Crippen LogP contribution in [0.15, 0.2) is 72.8 Å². The Kier molecular flexibility index (Phi) is 4.82. The lowest BCUT2D eigenvalue weighted by Gasteiger charge is -2.55. The Morgan fingerprint density at radius 1 is 0.929 bits per heavy atom. The summed E-state index contributed by atoms with van der Waals surface area (Å²) in [7, 11) is 1.62. The van der Waals surface area contributed by atoms with Crippen molar-refractivity contribution in [1.29, 1.82) is 0 Å². The molecule has 5 heteroatoms. The molecule has 0 saturated carbocycles. The number of benzene rings is 3. The van der Waals surface area contributed by atoms with Crippen LogP contribution >= 0.6 is 23.2 Å². The average Bonchev–Trinajstić information content (AvgIpc) is 2.72. The van der Waals surface area contributed by atoms with Gasteiger partial charge in [0.25, 0.3) is 0 Å². The first-order valence-electron chi connectivity index (χ1n) is 8.94. The van der Waals surface area contributed by atoms with Gasteiger partial charge in [0.05, 0.1) is 18.6 Å². The van der Waals surface area contributed by atoms with E-state index < -0.39 is 5.41 Å². The van der Waals surface area contributed by atoms with Crippen molar-refractivity contribution in [3.05, 3.63) is 94.0 Å². The second kappa shape index (κ2) is 7.16. The molecule has 28 heavy (non-hydrogen) atoms. The molecule has 3 aromatic carbocycles. The summed E-state index contributed by atoms with van der Waals surface area (Å²) in [5.74, 6) is 0.775. The van der Waals surface area contributed by atoms with Crippen LogP contribution in [0.4, 0.5) is 5.69 Å². The molecule has 0 radical (unpaired) electrons. The van der Waals surface area contributed by atoms with Gasteiger partial charge in [0.1, 0.15) is 5.75 Å². The molecule has 1 aliphatic rings. The standard InChI is InChI=1S/C23H19Cl2NO2/c1-23(16-4-3-5-18(25)14-16)21(15-6-8-17(24)9-7-15)26(22(23)27)19-10-12-20(28-2)13-11-19/h3-14,21H,1-2H3/t21-,23-/m0/s1. The van der Waals surface area contributed by atoms with Crippen LogP contribution in [0.3, 0.4) is 0 Å². The minimum absolute atomic E-state index is 0.0277. The maximum atomic E-state index is 13.4. The summed E-state index contributed by atoms with van der Waals surface area (Å²) in [5.41, 5.74) is 2.01. The number of carbonyl (C=O) groups excluding carboxylic acids is 1. The number of hydrogen-bond acceptors (Lipinski definition) is 2. The zero-order chi connectivity index (χ0) is 19.9. The number of ether oxygens (including phenoxy) is 1. The van der Waals surface area contributed by atoms with Crippen molar-refractivity contribution in [2.45, 2.75) is 18.4 Å². The predicted molar refractivity (Wildman–Crippen MR) is 113 cm³/mol. The third kappa shape index (κ3) is 2.95. The third-order valence-electron chi connectivity index (χ3n) is 5.43. The topological polar surface area (TPSA) is 29.5 Å². The van der Waals surface area contributed by atoms with Gasteiger partial charge in [0, 0.05) is 15.7 Å². The number of amides is 1. The molecule has 1 saturated heterocycles. The molecule has 1 aliphatic heterocycles. The van der Waals surface area contributed by atoms with Crippen molar-refractivity contribution in [2.75, 3.05) is 12.0 Å². The third-order valence-corrected chi connectivity index (χ3v) is 5.92. The maximum absolute atomic E-state index is 13.4. The molecule has 0 N–H and O–H groups in total. The van der Waals surface area contributed by atoms with E-state index in [1.165, 1.54) is 0 Å². The number of carbonyl (C=O) groups is 1. The summed E-state index contributed by atoms with van der Waals surface area (Å²) >= 11 is 12.3. The number of nitrogens with zero attached hydrogens (tertiary/aromatic N) is 1. The average molecular weight is 412 g/mol. The molecule has 0 unspecified atom stereocenters. The molecule has 1 heterocycles. The lowest BCUT2D eigenvalue weighted by atomic mass is 9.64. The Morgan fingerprint density at radius 3 is 2.21 bits per heavy atom. The Balaban J connectivity index is 1.82. The quantitative estimate of drug-likeness (QED) is 0.489. The van der Waals surface area contributed by atoms with Gasteiger partial charge in [-0.05, 0) is 66.6 Å². The number of rotatable bonds is 4. The molecule has 1 fully saturated rings. The van der Waals surface area contributed by atoms with Gasteiger partial charge < -0.3 is 9.64 Å². The summed E-state index contributed by atoms with van der Waals surface area (Å²) in [5, 5.41) is 1.28. The first-order chi connectivity index (χ1) is 13.4. The van der Waals surface area contributed by atoms with E-state index in [1.807, 2.05) is 84.6 Å². The van der Waals surface area contributed by atoms with Crippen molar-refractivity contribution in [3.8, 4) is 5.75 Å². The molecule has 1 amide bonds. The van der Waals surface area contributed by atoms with Crippen molar-refractivity contribution in [3.63, 3.8) is 0 Å². The highest BCUT2D eigenvalue weighted by molar-refractivity contribution is 6.31. The first-order valence-corrected chi connectivity index (χ1v) is 9.70. The van der Waals surface area contributed by atoms with Gasteiger partial charge in [0.15, 0.2) is 0 Å². The van der Waals surface area contributed by atoms with Gasteiger partial charge in [-0.1, -0.05) is 47.5 Å². The van der Waals surface area contributed by atoms with E-state index >= 15 is 0 Å². The zero-order valence-electron chi connectivity index (χ0n) is 15.5. The predicted octanol–water partition coefficient (Wildman–Crippen LogP) is 6.05. The normalized spacial score (nSPS) is 21.4. The van der Waals surface area contributed by atoms with E-state index in [0.29, 0.717) is 10.0 Å². The van der Waals surface area contributed by atoms with Gasteiger partial charge in [-0.2, -0.15) is 0 Å². The van der Waals surface area contributed by atoms with Gasteiger partial charge in [-0.3, -0.25) is 4.79 Å². The minimum atomic E-state index is -0.724. The van der Waals surface area contributed by atoms with Crippen molar-refractivity contribution in [1.82, 2.24) is 0 Å².